The van der Waals surface area contributed by atoms with Crippen molar-refractivity contribution in [3.8, 4) is 0 Å². The van der Waals surface area contributed by atoms with Crippen LogP contribution in [0.5, 0.6) is 0 Å². The predicted molar refractivity (Wildman–Crippen MR) is 40.7 cm³/mol. The van der Waals surface area contributed by atoms with Crippen LogP contribution in [0.25, 0.3) is 0 Å². The zero-order chi connectivity index (χ0) is 7.78. The van der Waals surface area contributed by atoms with Gasteiger partial charge >= 0.3 is 0 Å². The lowest BCUT2D eigenvalue weighted by Gasteiger charge is -2.42. The van der Waals surface area contributed by atoms with Crippen LogP contribution in [0.2, 0.25) is 0 Å². The van der Waals surface area contributed by atoms with Crippen LogP contribution in [0.15, 0.2) is 0 Å². The van der Waals surface area contributed by atoms with E-state index in [9.17, 15) is 5.11 Å². The Kier molecular flexibility index (Phi) is 1.99. The minimum atomic E-state index is -0.360. The normalized spacial score (nSPS) is 34.2. The van der Waals surface area contributed by atoms with Gasteiger partial charge in [-0.25, -0.2) is 0 Å². The monoisotopic (exact) mass is 144 g/mol. The van der Waals surface area contributed by atoms with E-state index in [4.69, 9.17) is 0 Å². The quantitative estimate of drug-likeness (QED) is 0.486. The second-order valence-corrected chi connectivity index (χ2v) is 3.50. The molecule has 0 aromatic heterocycles. The highest BCUT2D eigenvalue weighted by molar-refractivity contribution is 4.89. The zero-order valence-corrected chi connectivity index (χ0v) is 6.89. The van der Waals surface area contributed by atoms with Gasteiger partial charge in [0, 0.05) is 13.1 Å². The molecule has 3 heteroatoms. The summed E-state index contributed by atoms with van der Waals surface area (Å²) in [6.45, 7) is 5.89. The average molecular weight is 144 g/mol. The molecule has 3 nitrogen and oxygen atoms in total. The molecule has 0 bridgehead atoms. The van der Waals surface area contributed by atoms with E-state index in [0.717, 1.165) is 13.1 Å². The first kappa shape index (κ1) is 7.98. The number of aliphatic hydroxyl groups excluding tert-OH is 1. The predicted octanol–water partition coefficient (Wildman–Crippen LogP) is -0.382. The van der Waals surface area contributed by atoms with Gasteiger partial charge in [-0.1, -0.05) is 0 Å². The molecule has 1 rings (SSSR count). The Morgan fingerprint density at radius 1 is 1.60 bits per heavy atom. The fourth-order valence-corrected chi connectivity index (χ4v) is 1.32. The van der Waals surface area contributed by atoms with Crippen molar-refractivity contribution < 1.29 is 5.11 Å². The van der Waals surface area contributed by atoms with Gasteiger partial charge < -0.3 is 10.4 Å². The Labute approximate surface area is 62.0 Å². The van der Waals surface area contributed by atoms with Gasteiger partial charge in [-0.2, -0.15) is 0 Å². The number of rotatable bonds is 0. The summed E-state index contributed by atoms with van der Waals surface area (Å²) in [6, 6.07) is 0. The van der Waals surface area contributed by atoms with E-state index >= 15 is 0 Å². The average Bonchev–Trinajstić information content (AvgIpc) is 1.83. The minimum absolute atomic E-state index is 0.160. The lowest BCUT2D eigenvalue weighted by molar-refractivity contribution is -0.0624. The highest BCUT2D eigenvalue weighted by Gasteiger charge is 2.33. The number of nitrogens with zero attached hydrogens (tertiary/aromatic N) is 1. The summed E-state index contributed by atoms with van der Waals surface area (Å²) in [5.41, 5.74) is -0.160. The van der Waals surface area contributed by atoms with Gasteiger partial charge in [0.2, 0.25) is 0 Å². The van der Waals surface area contributed by atoms with Crippen molar-refractivity contribution in [2.45, 2.75) is 25.6 Å². The van der Waals surface area contributed by atoms with Crippen molar-refractivity contribution >= 4 is 0 Å². The molecule has 0 aromatic rings. The molecule has 0 spiro atoms. The molecule has 1 fully saturated rings. The summed E-state index contributed by atoms with van der Waals surface area (Å²) >= 11 is 0. The SMILES string of the molecule is CN1CCNC(C)(C)C1O. The van der Waals surface area contributed by atoms with Crippen LogP contribution >= 0.6 is 0 Å². The number of likely N-dealkylation sites (N-methyl/N-ethyl adjacent to an activating group) is 1. The van der Waals surface area contributed by atoms with Crippen LogP contribution in [0.4, 0.5) is 0 Å². The first-order valence-electron chi connectivity index (χ1n) is 3.67. The third-order valence-electron chi connectivity index (χ3n) is 2.11. The second-order valence-electron chi connectivity index (χ2n) is 3.50. The summed E-state index contributed by atoms with van der Waals surface area (Å²) in [4.78, 5) is 1.95. The van der Waals surface area contributed by atoms with Crippen molar-refractivity contribution in [2.24, 2.45) is 0 Å². The van der Waals surface area contributed by atoms with Gasteiger partial charge in [-0.3, -0.25) is 4.90 Å². The molecule has 1 atom stereocenters. The van der Waals surface area contributed by atoms with E-state index in [-0.39, 0.29) is 11.8 Å². The smallest absolute Gasteiger partial charge is 0.125 e. The number of aliphatic hydroxyl groups is 1. The van der Waals surface area contributed by atoms with Crippen molar-refractivity contribution in [3.05, 3.63) is 0 Å². The standard InChI is InChI=1S/C7H16N2O/c1-7(2)6(10)9(3)5-4-8-7/h6,8,10H,4-5H2,1-3H3. The van der Waals surface area contributed by atoms with Crippen LogP contribution in [0.1, 0.15) is 13.8 Å². The van der Waals surface area contributed by atoms with E-state index in [1.807, 2.05) is 25.8 Å². The summed E-state index contributed by atoms with van der Waals surface area (Å²) in [5.74, 6) is 0. The lowest BCUT2D eigenvalue weighted by atomic mass is 10.00. The fourth-order valence-electron chi connectivity index (χ4n) is 1.32. The summed E-state index contributed by atoms with van der Waals surface area (Å²) in [7, 11) is 1.94. The lowest BCUT2D eigenvalue weighted by Crippen LogP contribution is -2.62. The Morgan fingerprint density at radius 3 is 2.60 bits per heavy atom. The van der Waals surface area contributed by atoms with E-state index in [1.165, 1.54) is 0 Å². The van der Waals surface area contributed by atoms with Gasteiger partial charge in [0.15, 0.2) is 0 Å². The van der Waals surface area contributed by atoms with Gasteiger partial charge in [0.1, 0.15) is 6.23 Å². The second kappa shape index (κ2) is 2.49. The molecule has 0 saturated carbocycles. The number of piperazine rings is 1. The summed E-state index contributed by atoms with van der Waals surface area (Å²) in [5, 5.41) is 12.8. The zero-order valence-electron chi connectivity index (χ0n) is 6.89. The molecular weight excluding hydrogens is 128 g/mol. The number of hydrogen-bond acceptors (Lipinski definition) is 3. The van der Waals surface area contributed by atoms with Crippen LogP contribution in [0, 0.1) is 0 Å². The first-order chi connectivity index (χ1) is 4.54. The molecule has 10 heavy (non-hydrogen) atoms. The van der Waals surface area contributed by atoms with Gasteiger partial charge in [0.05, 0.1) is 5.54 Å². The molecular formula is C7H16N2O. The molecule has 1 saturated heterocycles. The van der Waals surface area contributed by atoms with E-state index in [1.54, 1.807) is 0 Å². The molecule has 60 valence electrons. The molecule has 1 aliphatic heterocycles. The highest BCUT2D eigenvalue weighted by Crippen LogP contribution is 2.14. The molecule has 1 heterocycles. The van der Waals surface area contributed by atoms with Crippen LogP contribution in [-0.2, 0) is 0 Å². The van der Waals surface area contributed by atoms with Crippen molar-refractivity contribution in [3.63, 3.8) is 0 Å². The molecule has 0 radical (unpaired) electrons. The molecule has 0 aromatic carbocycles. The largest absolute Gasteiger partial charge is 0.376 e. The third-order valence-corrected chi connectivity index (χ3v) is 2.11. The molecule has 0 amide bonds. The molecule has 1 aliphatic rings. The van der Waals surface area contributed by atoms with Crippen molar-refractivity contribution in [1.82, 2.24) is 10.2 Å². The maximum atomic E-state index is 9.57. The highest BCUT2D eigenvalue weighted by atomic mass is 16.3. The van der Waals surface area contributed by atoms with Crippen LogP contribution in [0.3, 0.4) is 0 Å². The fraction of sp³-hybridized carbons (Fsp3) is 1.00. The Bertz CT molecular complexity index is 125. The van der Waals surface area contributed by atoms with E-state index < -0.39 is 0 Å². The molecule has 0 aliphatic carbocycles. The van der Waals surface area contributed by atoms with Crippen LogP contribution in [-0.4, -0.2) is 41.9 Å². The first-order valence-corrected chi connectivity index (χ1v) is 3.67. The topological polar surface area (TPSA) is 35.5 Å². The van der Waals surface area contributed by atoms with E-state index in [2.05, 4.69) is 5.32 Å². The van der Waals surface area contributed by atoms with E-state index in [0.29, 0.717) is 0 Å². The number of hydrogen-bond donors (Lipinski definition) is 2. The van der Waals surface area contributed by atoms with Crippen molar-refractivity contribution in [2.75, 3.05) is 20.1 Å². The third kappa shape index (κ3) is 1.31. The molecule has 1 unspecified atom stereocenters. The molecule has 2 N–H and O–H groups in total. The Morgan fingerprint density at radius 2 is 2.20 bits per heavy atom. The van der Waals surface area contributed by atoms with Crippen molar-refractivity contribution in [1.29, 1.82) is 0 Å². The van der Waals surface area contributed by atoms with Crippen LogP contribution < -0.4 is 5.32 Å². The van der Waals surface area contributed by atoms with Gasteiger partial charge in [0.25, 0.3) is 0 Å². The van der Waals surface area contributed by atoms with Gasteiger partial charge in [-0.15, -0.1) is 0 Å². The van der Waals surface area contributed by atoms with Gasteiger partial charge in [-0.05, 0) is 20.9 Å². The Balaban J connectivity index is 2.60. The summed E-state index contributed by atoms with van der Waals surface area (Å²) in [6.07, 6.45) is -0.360. The summed E-state index contributed by atoms with van der Waals surface area (Å²) < 4.78 is 0. The maximum absolute atomic E-state index is 9.57. The Hall–Kier alpha value is -0.120. The number of nitrogens with one attached hydrogen (secondary N) is 1. The minimum Gasteiger partial charge on any atom is -0.376 e. The maximum Gasteiger partial charge on any atom is 0.125 e.